The fourth-order valence-electron chi connectivity index (χ4n) is 1.86. The Bertz CT molecular complexity index is 407. The van der Waals surface area contributed by atoms with E-state index in [0.29, 0.717) is 0 Å². The first kappa shape index (κ1) is 16.7. The van der Waals surface area contributed by atoms with Crippen molar-refractivity contribution in [1.82, 2.24) is 0 Å². The molecule has 0 amide bonds. The van der Waals surface area contributed by atoms with Crippen molar-refractivity contribution in [2.75, 3.05) is 21.3 Å². The molecule has 1 aromatic rings. The SMILES string of the molecule is COc1ccc(C(CC=CCC(C)(C)OC)OC)cc1. The van der Waals surface area contributed by atoms with Gasteiger partial charge in [0.1, 0.15) is 5.75 Å². The summed E-state index contributed by atoms with van der Waals surface area (Å²) in [4.78, 5) is 0. The van der Waals surface area contributed by atoms with E-state index in [0.717, 1.165) is 24.2 Å². The molecule has 0 aliphatic rings. The lowest BCUT2D eigenvalue weighted by Gasteiger charge is -2.20. The molecule has 3 nitrogen and oxygen atoms in total. The first-order chi connectivity index (χ1) is 9.52. The summed E-state index contributed by atoms with van der Waals surface area (Å²) in [7, 11) is 5.15. The monoisotopic (exact) mass is 278 g/mol. The average Bonchev–Trinajstić information content (AvgIpc) is 2.47. The zero-order chi connectivity index (χ0) is 15.0. The molecule has 0 N–H and O–H groups in total. The van der Waals surface area contributed by atoms with E-state index in [4.69, 9.17) is 14.2 Å². The summed E-state index contributed by atoms with van der Waals surface area (Å²) in [5, 5.41) is 0. The van der Waals surface area contributed by atoms with Gasteiger partial charge in [0.25, 0.3) is 0 Å². The van der Waals surface area contributed by atoms with Gasteiger partial charge in [-0.25, -0.2) is 0 Å². The molecule has 0 aliphatic carbocycles. The Morgan fingerprint density at radius 3 is 2.20 bits per heavy atom. The molecule has 0 aliphatic heterocycles. The Balaban J connectivity index is 2.56. The van der Waals surface area contributed by atoms with E-state index >= 15 is 0 Å². The molecule has 0 saturated carbocycles. The third kappa shape index (κ3) is 5.35. The standard InChI is InChI=1S/C17H26O3/c1-17(2,20-5)13-7-6-8-16(19-4)14-9-11-15(18-3)12-10-14/h6-7,9-12,16H,8,13H2,1-5H3. The van der Waals surface area contributed by atoms with Crippen molar-refractivity contribution < 1.29 is 14.2 Å². The minimum Gasteiger partial charge on any atom is -0.497 e. The molecule has 0 spiro atoms. The van der Waals surface area contributed by atoms with E-state index in [1.54, 1.807) is 21.3 Å². The van der Waals surface area contributed by atoms with Crippen LogP contribution in [0.3, 0.4) is 0 Å². The molecule has 0 heterocycles. The van der Waals surface area contributed by atoms with Crippen LogP contribution in [0, 0.1) is 0 Å². The van der Waals surface area contributed by atoms with Crippen molar-refractivity contribution in [3.8, 4) is 5.75 Å². The van der Waals surface area contributed by atoms with E-state index in [1.807, 2.05) is 24.3 Å². The van der Waals surface area contributed by atoms with Crippen molar-refractivity contribution >= 4 is 0 Å². The summed E-state index contributed by atoms with van der Waals surface area (Å²) in [6.45, 7) is 4.16. The maximum Gasteiger partial charge on any atom is 0.118 e. The first-order valence-electron chi connectivity index (χ1n) is 6.89. The fourth-order valence-corrected chi connectivity index (χ4v) is 1.86. The van der Waals surface area contributed by atoms with Gasteiger partial charge >= 0.3 is 0 Å². The van der Waals surface area contributed by atoms with Gasteiger partial charge in [0, 0.05) is 14.2 Å². The van der Waals surface area contributed by atoms with E-state index in [1.165, 1.54) is 0 Å². The minimum atomic E-state index is -0.112. The van der Waals surface area contributed by atoms with Crippen LogP contribution in [-0.2, 0) is 9.47 Å². The van der Waals surface area contributed by atoms with Gasteiger partial charge < -0.3 is 14.2 Å². The highest BCUT2D eigenvalue weighted by Gasteiger charge is 2.13. The van der Waals surface area contributed by atoms with E-state index < -0.39 is 0 Å². The average molecular weight is 278 g/mol. The highest BCUT2D eigenvalue weighted by molar-refractivity contribution is 5.28. The summed E-state index contributed by atoms with van der Waals surface area (Å²) in [6, 6.07) is 8.00. The van der Waals surface area contributed by atoms with E-state index in [9.17, 15) is 0 Å². The van der Waals surface area contributed by atoms with Crippen LogP contribution in [0.1, 0.15) is 38.4 Å². The molecule has 1 aromatic carbocycles. The lowest BCUT2D eigenvalue weighted by molar-refractivity contribution is 0.0253. The van der Waals surface area contributed by atoms with Crippen LogP contribution in [0.15, 0.2) is 36.4 Å². The molecule has 0 aromatic heterocycles. The molecule has 0 fully saturated rings. The number of rotatable bonds is 8. The molecule has 3 heteroatoms. The molecular formula is C17H26O3. The second-order valence-electron chi connectivity index (χ2n) is 5.37. The Morgan fingerprint density at radius 2 is 1.70 bits per heavy atom. The van der Waals surface area contributed by atoms with Gasteiger partial charge in [-0.05, 0) is 44.4 Å². The van der Waals surface area contributed by atoms with Crippen LogP contribution in [0.25, 0.3) is 0 Å². The van der Waals surface area contributed by atoms with Crippen LogP contribution in [0.5, 0.6) is 5.75 Å². The minimum absolute atomic E-state index is 0.0720. The van der Waals surface area contributed by atoms with Gasteiger partial charge in [-0.3, -0.25) is 0 Å². The number of methoxy groups -OCH3 is 3. The molecule has 1 rings (SSSR count). The third-order valence-corrected chi connectivity index (χ3v) is 3.45. The van der Waals surface area contributed by atoms with Gasteiger partial charge in [0.15, 0.2) is 0 Å². The zero-order valence-electron chi connectivity index (χ0n) is 13.2. The van der Waals surface area contributed by atoms with Gasteiger partial charge in [0.2, 0.25) is 0 Å². The van der Waals surface area contributed by atoms with E-state index in [2.05, 4.69) is 26.0 Å². The molecule has 20 heavy (non-hydrogen) atoms. The smallest absolute Gasteiger partial charge is 0.118 e. The van der Waals surface area contributed by atoms with Crippen LogP contribution >= 0.6 is 0 Å². The maximum atomic E-state index is 5.55. The third-order valence-electron chi connectivity index (χ3n) is 3.45. The van der Waals surface area contributed by atoms with Gasteiger partial charge in [-0.1, -0.05) is 24.3 Å². The number of ether oxygens (including phenoxy) is 3. The highest BCUT2D eigenvalue weighted by atomic mass is 16.5. The number of hydrogen-bond acceptors (Lipinski definition) is 3. The van der Waals surface area contributed by atoms with Gasteiger partial charge in [-0.2, -0.15) is 0 Å². The molecule has 112 valence electrons. The maximum absolute atomic E-state index is 5.55. The first-order valence-corrected chi connectivity index (χ1v) is 6.89. The van der Waals surface area contributed by atoms with Crippen LogP contribution in [-0.4, -0.2) is 26.9 Å². The van der Waals surface area contributed by atoms with Crippen molar-refractivity contribution in [3.63, 3.8) is 0 Å². The lowest BCUT2D eigenvalue weighted by Crippen LogP contribution is -2.20. The zero-order valence-corrected chi connectivity index (χ0v) is 13.2. The van der Waals surface area contributed by atoms with Crippen LogP contribution < -0.4 is 4.74 Å². The van der Waals surface area contributed by atoms with Crippen molar-refractivity contribution in [3.05, 3.63) is 42.0 Å². The number of hydrogen-bond donors (Lipinski definition) is 0. The normalized spacial score (nSPS) is 13.7. The second-order valence-corrected chi connectivity index (χ2v) is 5.37. The lowest BCUT2D eigenvalue weighted by atomic mass is 10.0. The van der Waals surface area contributed by atoms with Crippen molar-refractivity contribution in [1.29, 1.82) is 0 Å². The van der Waals surface area contributed by atoms with Gasteiger partial charge in [-0.15, -0.1) is 0 Å². The number of benzene rings is 1. The predicted octanol–water partition coefficient (Wildman–Crippen LogP) is 4.14. The summed E-state index contributed by atoms with van der Waals surface area (Å²) >= 11 is 0. The van der Waals surface area contributed by atoms with Crippen LogP contribution in [0.2, 0.25) is 0 Å². The topological polar surface area (TPSA) is 27.7 Å². The van der Waals surface area contributed by atoms with Crippen LogP contribution in [0.4, 0.5) is 0 Å². The Labute approximate surface area is 122 Å². The summed E-state index contributed by atoms with van der Waals surface area (Å²) in [5.74, 6) is 0.862. The van der Waals surface area contributed by atoms with Crippen molar-refractivity contribution in [2.45, 2.75) is 38.4 Å². The fraction of sp³-hybridized carbons (Fsp3) is 0.529. The summed E-state index contributed by atoms with van der Waals surface area (Å²) < 4.78 is 16.1. The Morgan fingerprint density at radius 1 is 1.05 bits per heavy atom. The van der Waals surface area contributed by atoms with E-state index in [-0.39, 0.29) is 11.7 Å². The summed E-state index contributed by atoms with van der Waals surface area (Å²) in [5.41, 5.74) is 1.04. The highest BCUT2D eigenvalue weighted by Crippen LogP contribution is 2.24. The predicted molar refractivity (Wildman–Crippen MR) is 82.2 cm³/mol. The molecule has 1 atom stereocenters. The largest absolute Gasteiger partial charge is 0.497 e. The molecule has 0 bridgehead atoms. The summed E-state index contributed by atoms with van der Waals surface area (Å²) in [6.07, 6.45) is 6.12. The molecule has 0 radical (unpaired) electrons. The Hall–Kier alpha value is -1.32. The molecular weight excluding hydrogens is 252 g/mol. The molecule has 1 unspecified atom stereocenters. The quantitative estimate of drug-likeness (QED) is 0.669. The van der Waals surface area contributed by atoms with Crippen molar-refractivity contribution in [2.24, 2.45) is 0 Å². The van der Waals surface area contributed by atoms with Gasteiger partial charge in [0.05, 0.1) is 18.8 Å². The Kier molecular flexibility index (Phi) is 6.76. The second kappa shape index (κ2) is 8.08. The molecule has 0 saturated heterocycles.